The van der Waals surface area contributed by atoms with Gasteiger partial charge in [0.05, 0.1) is 12.3 Å². The molecule has 1 aromatic carbocycles. The summed E-state index contributed by atoms with van der Waals surface area (Å²) in [6.07, 6.45) is 1.13. The summed E-state index contributed by atoms with van der Waals surface area (Å²) in [6.45, 7) is 1.91. The summed E-state index contributed by atoms with van der Waals surface area (Å²) in [6, 6.07) is 6.85. The van der Waals surface area contributed by atoms with Gasteiger partial charge in [0, 0.05) is 0 Å². The van der Waals surface area contributed by atoms with Gasteiger partial charge in [0.15, 0.2) is 0 Å². The SMILES string of the molecule is CCCC(C(=O)O)c1ccccc1CC(=O)O. The molecule has 0 bridgehead atoms. The van der Waals surface area contributed by atoms with Crippen molar-refractivity contribution in [2.45, 2.75) is 32.1 Å². The largest absolute Gasteiger partial charge is 0.481 e. The minimum absolute atomic E-state index is 0.135. The zero-order valence-electron chi connectivity index (χ0n) is 9.72. The third-order valence-electron chi connectivity index (χ3n) is 2.65. The second kappa shape index (κ2) is 6.03. The number of carbonyl (C=O) groups is 2. The third-order valence-corrected chi connectivity index (χ3v) is 2.65. The average Bonchev–Trinajstić information content (AvgIpc) is 2.26. The maximum atomic E-state index is 11.2. The van der Waals surface area contributed by atoms with E-state index < -0.39 is 17.9 Å². The van der Waals surface area contributed by atoms with Crippen molar-refractivity contribution in [1.29, 1.82) is 0 Å². The second-order valence-electron chi connectivity index (χ2n) is 3.95. The van der Waals surface area contributed by atoms with Gasteiger partial charge in [0.2, 0.25) is 0 Å². The van der Waals surface area contributed by atoms with Gasteiger partial charge in [0.1, 0.15) is 0 Å². The molecule has 0 spiro atoms. The molecule has 1 unspecified atom stereocenters. The van der Waals surface area contributed by atoms with Crippen molar-refractivity contribution < 1.29 is 19.8 Å². The molecule has 0 aromatic heterocycles. The van der Waals surface area contributed by atoms with Gasteiger partial charge in [-0.3, -0.25) is 9.59 Å². The molecule has 0 amide bonds. The van der Waals surface area contributed by atoms with Crippen LogP contribution in [0.5, 0.6) is 0 Å². The van der Waals surface area contributed by atoms with Crippen LogP contribution in [0.4, 0.5) is 0 Å². The molecule has 0 aliphatic heterocycles. The minimum Gasteiger partial charge on any atom is -0.481 e. The molecule has 0 radical (unpaired) electrons. The lowest BCUT2D eigenvalue weighted by Crippen LogP contribution is -2.15. The summed E-state index contributed by atoms with van der Waals surface area (Å²) < 4.78 is 0. The standard InChI is InChI=1S/C13H16O4/c1-2-5-11(13(16)17)10-7-4-3-6-9(10)8-12(14)15/h3-4,6-7,11H,2,5,8H2,1H3,(H,14,15)(H,16,17). The highest BCUT2D eigenvalue weighted by Gasteiger charge is 2.22. The quantitative estimate of drug-likeness (QED) is 0.794. The number of hydrogen-bond donors (Lipinski definition) is 2. The highest BCUT2D eigenvalue weighted by molar-refractivity contribution is 5.78. The van der Waals surface area contributed by atoms with Gasteiger partial charge in [-0.1, -0.05) is 37.6 Å². The molecule has 0 aliphatic rings. The molecule has 0 fully saturated rings. The molecule has 0 saturated heterocycles. The molecular weight excluding hydrogens is 220 g/mol. The molecule has 1 aromatic rings. The molecule has 1 rings (SSSR count). The number of benzene rings is 1. The number of carboxylic acids is 2. The fourth-order valence-electron chi connectivity index (χ4n) is 1.90. The van der Waals surface area contributed by atoms with Crippen LogP contribution in [0.15, 0.2) is 24.3 Å². The van der Waals surface area contributed by atoms with E-state index in [0.717, 1.165) is 6.42 Å². The van der Waals surface area contributed by atoms with Crippen LogP contribution in [0.2, 0.25) is 0 Å². The van der Waals surface area contributed by atoms with Crippen LogP contribution in [0.1, 0.15) is 36.8 Å². The first-order chi connectivity index (χ1) is 8.06. The summed E-state index contributed by atoms with van der Waals surface area (Å²) in [5.74, 6) is -2.46. The molecule has 1 atom stereocenters. The van der Waals surface area contributed by atoms with Crippen LogP contribution >= 0.6 is 0 Å². The van der Waals surface area contributed by atoms with E-state index in [1.54, 1.807) is 24.3 Å². The Labute approximate surface area is 99.9 Å². The summed E-state index contributed by atoms with van der Waals surface area (Å²) in [5.41, 5.74) is 1.20. The van der Waals surface area contributed by atoms with Crippen LogP contribution < -0.4 is 0 Å². The van der Waals surface area contributed by atoms with E-state index in [4.69, 9.17) is 10.2 Å². The number of aliphatic carboxylic acids is 2. The number of hydrogen-bond acceptors (Lipinski definition) is 2. The second-order valence-corrected chi connectivity index (χ2v) is 3.95. The van der Waals surface area contributed by atoms with E-state index >= 15 is 0 Å². The topological polar surface area (TPSA) is 74.6 Å². The van der Waals surface area contributed by atoms with Crippen molar-refractivity contribution in [2.24, 2.45) is 0 Å². The monoisotopic (exact) mass is 236 g/mol. The first kappa shape index (κ1) is 13.2. The average molecular weight is 236 g/mol. The van der Waals surface area contributed by atoms with E-state index in [0.29, 0.717) is 17.5 Å². The van der Waals surface area contributed by atoms with Crippen molar-refractivity contribution >= 4 is 11.9 Å². The van der Waals surface area contributed by atoms with Gasteiger partial charge in [-0.2, -0.15) is 0 Å². The predicted octanol–water partition coefficient (Wildman–Crippen LogP) is 2.28. The first-order valence-corrected chi connectivity index (χ1v) is 5.58. The summed E-state index contributed by atoms with van der Waals surface area (Å²) in [4.78, 5) is 21.9. The lowest BCUT2D eigenvalue weighted by Gasteiger charge is -2.15. The van der Waals surface area contributed by atoms with E-state index in [2.05, 4.69) is 0 Å². The van der Waals surface area contributed by atoms with E-state index in [9.17, 15) is 9.59 Å². The molecule has 17 heavy (non-hydrogen) atoms. The molecule has 0 saturated carbocycles. The van der Waals surface area contributed by atoms with Gasteiger partial charge in [-0.15, -0.1) is 0 Å². The maximum absolute atomic E-state index is 11.2. The zero-order valence-corrected chi connectivity index (χ0v) is 9.72. The Balaban J connectivity index is 3.08. The summed E-state index contributed by atoms with van der Waals surface area (Å²) in [7, 11) is 0. The minimum atomic E-state index is -0.946. The Hall–Kier alpha value is -1.84. The van der Waals surface area contributed by atoms with E-state index in [1.807, 2.05) is 6.92 Å². The molecule has 2 N–H and O–H groups in total. The Kier molecular flexibility index (Phi) is 4.69. The third kappa shape index (κ3) is 3.59. The smallest absolute Gasteiger partial charge is 0.310 e. The fourth-order valence-corrected chi connectivity index (χ4v) is 1.90. The van der Waals surface area contributed by atoms with Gasteiger partial charge in [-0.25, -0.2) is 0 Å². The normalized spacial score (nSPS) is 12.1. The molecule has 4 heteroatoms. The Morgan fingerprint density at radius 2 is 1.88 bits per heavy atom. The molecule has 0 aliphatic carbocycles. The van der Waals surface area contributed by atoms with Crippen molar-refractivity contribution in [1.82, 2.24) is 0 Å². The van der Waals surface area contributed by atoms with Crippen molar-refractivity contribution in [2.75, 3.05) is 0 Å². The van der Waals surface area contributed by atoms with Crippen molar-refractivity contribution in [3.63, 3.8) is 0 Å². The van der Waals surface area contributed by atoms with E-state index in [1.165, 1.54) is 0 Å². The van der Waals surface area contributed by atoms with Crippen LogP contribution in [0.3, 0.4) is 0 Å². The fraction of sp³-hybridized carbons (Fsp3) is 0.385. The Morgan fingerprint density at radius 3 is 2.41 bits per heavy atom. The van der Waals surface area contributed by atoms with Gasteiger partial charge in [-0.05, 0) is 17.5 Å². The summed E-state index contributed by atoms with van der Waals surface area (Å²) in [5, 5.41) is 18.0. The van der Waals surface area contributed by atoms with Crippen molar-refractivity contribution in [3.8, 4) is 0 Å². The van der Waals surface area contributed by atoms with Crippen LogP contribution in [0.25, 0.3) is 0 Å². The van der Waals surface area contributed by atoms with Gasteiger partial charge in [0.25, 0.3) is 0 Å². The van der Waals surface area contributed by atoms with Crippen LogP contribution in [-0.2, 0) is 16.0 Å². The van der Waals surface area contributed by atoms with E-state index in [-0.39, 0.29) is 6.42 Å². The maximum Gasteiger partial charge on any atom is 0.310 e. The van der Waals surface area contributed by atoms with Crippen LogP contribution in [-0.4, -0.2) is 22.2 Å². The molecule has 4 nitrogen and oxygen atoms in total. The lowest BCUT2D eigenvalue weighted by atomic mass is 9.89. The Bertz CT molecular complexity index is 412. The number of carboxylic acid groups (broad SMARTS) is 2. The number of rotatable bonds is 6. The van der Waals surface area contributed by atoms with Crippen molar-refractivity contribution in [3.05, 3.63) is 35.4 Å². The highest BCUT2D eigenvalue weighted by Crippen LogP contribution is 2.25. The summed E-state index contributed by atoms with van der Waals surface area (Å²) >= 11 is 0. The van der Waals surface area contributed by atoms with Gasteiger partial charge >= 0.3 is 11.9 Å². The van der Waals surface area contributed by atoms with Gasteiger partial charge < -0.3 is 10.2 Å². The molecular formula is C13H16O4. The Morgan fingerprint density at radius 1 is 1.24 bits per heavy atom. The predicted molar refractivity (Wildman–Crippen MR) is 63.1 cm³/mol. The molecule has 0 heterocycles. The lowest BCUT2D eigenvalue weighted by molar-refractivity contribution is -0.139. The molecule has 92 valence electrons. The zero-order chi connectivity index (χ0) is 12.8. The highest BCUT2D eigenvalue weighted by atomic mass is 16.4. The van der Waals surface area contributed by atoms with Crippen LogP contribution in [0, 0.1) is 0 Å². The first-order valence-electron chi connectivity index (χ1n) is 5.58.